The van der Waals surface area contributed by atoms with Crippen molar-refractivity contribution in [3.63, 3.8) is 0 Å². The Labute approximate surface area is 93.0 Å². The molecule has 0 radical (unpaired) electrons. The number of halogens is 1. The largest absolute Gasteiger partial charge is 0.377 e. The van der Waals surface area contributed by atoms with E-state index in [4.69, 9.17) is 4.74 Å². The molecule has 14 heavy (non-hydrogen) atoms. The predicted molar refractivity (Wildman–Crippen MR) is 59.2 cm³/mol. The first kappa shape index (κ1) is 11.7. The molecule has 1 amide bonds. The van der Waals surface area contributed by atoms with Crippen molar-refractivity contribution in [3.05, 3.63) is 11.1 Å². The first-order valence-electron chi connectivity index (χ1n) is 4.87. The van der Waals surface area contributed by atoms with E-state index in [1.807, 2.05) is 6.92 Å². The molecule has 1 aliphatic heterocycles. The molecule has 80 valence electrons. The summed E-state index contributed by atoms with van der Waals surface area (Å²) in [5, 5.41) is 2.82. The van der Waals surface area contributed by atoms with Crippen LogP contribution in [-0.2, 0) is 9.53 Å². The maximum absolute atomic E-state index is 11.7. The number of nitrogens with one attached hydrogen (secondary N) is 1. The number of amides is 1. The average Bonchev–Trinajstić information content (AvgIpc) is 2.61. The second-order valence-corrected chi connectivity index (χ2v) is 4.57. The lowest BCUT2D eigenvalue weighted by atomic mass is 9.99. The van der Waals surface area contributed by atoms with Gasteiger partial charge in [0.15, 0.2) is 0 Å². The van der Waals surface area contributed by atoms with Gasteiger partial charge in [0.2, 0.25) is 5.91 Å². The third kappa shape index (κ3) is 3.10. The van der Waals surface area contributed by atoms with Crippen LogP contribution in [0.3, 0.4) is 0 Å². The number of carbonyl (C=O) groups is 1. The van der Waals surface area contributed by atoms with Gasteiger partial charge in [0.05, 0.1) is 12.0 Å². The first-order chi connectivity index (χ1) is 6.65. The van der Waals surface area contributed by atoms with E-state index in [0.29, 0.717) is 13.2 Å². The molecule has 2 unspecified atom stereocenters. The summed E-state index contributed by atoms with van der Waals surface area (Å²) in [5.74, 6) is 0.0989. The molecule has 0 aromatic heterocycles. The minimum atomic E-state index is 0.0202. The lowest BCUT2D eigenvalue weighted by Gasteiger charge is -2.16. The zero-order valence-corrected chi connectivity index (χ0v) is 9.97. The minimum absolute atomic E-state index is 0.0202. The van der Waals surface area contributed by atoms with Crippen LogP contribution in [-0.4, -0.2) is 25.2 Å². The van der Waals surface area contributed by atoms with Gasteiger partial charge in [-0.05, 0) is 12.8 Å². The molecule has 0 aromatic carbocycles. The smallest absolute Gasteiger partial charge is 0.226 e. The van der Waals surface area contributed by atoms with Crippen LogP contribution in [0, 0.1) is 5.92 Å². The molecule has 3 nitrogen and oxygen atoms in total. The van der Waals surface area contributed by atoms with E-state index in [9.17, 15) is 4.79 Å². The summed E-state index contributed by atoms with van der Waals surface area (Å²) in [5.41, 5.74) is 0. The SMILES string of the molecule is C=C(Br)CNC(=O)C1CCOC1CC. The number of rotatable bonds is 4. The third-order valence-corrected chi connectivity index (χ3v) is 2.68. The Bertz CT molecular complexity index is 230. The van der Waals surface area contributed by atoms with Crippen molar-refractivity contribution in [2.75, 3.05) is 13.2 Å². The summed E-state index contributed by atoms with van der Waals surface area (Å²) < 4.78 is 6.24. The second kappa shape index (κ2) is 5.51. The normalized spacial score (nSPS) is 26.1. The Morgan fingerprint density at radius 2 is 2.43 bits per heavy atom. The number of carbonyl (C=O) groups excluding carboxylic acids is 1. The molecule has 0 aliphatic carbocycles. The fourth-order valence-electron chi connectivity index (χ4n) is 1.66. The maximum atomic E-state index is 11.7. The lowest BCUT2D eigenvalue weighted by molar-refractivity contribution is -0.126. The highest BCUT2D eigenvalue weighted by atomic mass is 79.9. The fraction of sp³-hybridized carbons (Fsp3) is 0.700. The number of ether oxygens (including phenoxy) is 1. The summed E-state index contributed by atoms with van der Waals surface area (Å²) in [6.07, 6.45) is 1.82. The summed E-state index contributed by atoms with van der Waals surface area (Å²) in [6.45, 7) is 6.90. The molecule has 1 fully saturated rings. The molecular weight excluding hydrogens is 246 g/mol. The van der Waals surface area contributed by atoms with Crippen molar-refractivity contribution >= 4 is 21.8 Å². The van der Waals surface area contributed by atoms with Gasteiger partial charge in [0.25, 0.3) is 0 Å². The van der Waals surface area contributed by atoms with Gasteiger partial charge in [-0.2, -0.15) is 0 Å². The van der Waals surface area contributed by atoms with Crippen LogP contribution in [0.25, 0.3) is 0 Å². The van der Waals surface area contributed by atoms with E-state index in [0.717, 1.165) is 17.3 Å². The van der Waals surface area contributed by atoms with Gasteiger partial charge in [-0.15, -0.1) is 0 Å². The van der Waals surface area contributed by atoms with Gasteiger partial charge in [-0.3, -0.25) is 4.79 Å². The second-order valence-electron chi connectivity index (χ2n) is 3.45. The molecule has 1 rings (SSSR count). The molecule has 1 saturated heterocycles. The van der Waals surface area contributed by atoms with Crippen LogP contribution in [0.2, 0.25) is 0 Å². The molecule has 2 atom stereocenters. The van der Waals surface area contributed by atoms with Gasteiger partial charge in [-0.25, -0.2) is 0 Å². The first-order valence-corrected chi connectivity index (χ1v) is 5.67. The topological polar surface area (TPSA) is 38.3 Å². The highest BCUT2D eigenvalue weighted by Crippen LogP contribution is 2.23. The van der Waals surface area contributed by atoms with Gasteiger partial charge in [-0.1, -0.05) is 29.4 Å². The zero-order chi connectivity index (χ0) is 10.6. The van der Waals surface area contributed by atoms with E-state index in [2.05, 4.69) is 27.8 Å². The van der Waals surface area contributed by atoms with Crippen molar-refractivity contribution in [1.29, 1.82) is 0 Å². The molecule has 1 heterocycles. The van der Waals surface area contributed by atoms with Crippen LogP contribution in [0.15, 0.2) is 11.1 Å². The van der Waals surface area contributed by atoms with Gasteiger partial charge in [0.1, 0.15) is 0 Å². The molecule has 4 heteroatoms. The maximum Gasteiger partial charge on any atom is 0.226 e. The van der Waals surface area contributed by atoms with Crippen LogP contribution in [0.5, 0.6) is 0 Å². The summed E-state index contributed by atoms with van der Waals surface area (Å²) >= 11 is 3.20. The lowest BCUT2D eigenvalue weighted by Crippen LogP contribution is -2.35. The summed E-state index contributed by atoms with van der Waals surface area (Å²) in [4.78, 5) is 11.7. The monoisotopic (exact) mass is 261 g/mol. The highest BCUT2D eigenvalue weighted by molar-refractivity contribution is 9.11. The van der Waals surface area contributed by atoms with Gasteiger partial charge >= 0.3 is 0 Å². The molecule has 0 bridgehead atoms. The van der Waals surface area contributed by atoms with E-state index in [1.54, 1.807) is 0 Å². The Morgan fingerprint density at radius 3 is 3.00 bits per heavy atom. The summed E-state index contributed by atoms with van der Waals surface area (Å²) in [6, 6.07) is 0. The highest BCUT2D eigenvalue weighted by Gasteiger charge is 2.32. The Kier molecular flexibility index (Phi) is 4.62. The van der Waals surface area contributed by atoms with Crippen molar-refractivity contribution in [3.8, 4) is 0 Å². The molecule has 0 saturated carbocycles. The molecule has 1 N–H and O–H groups in total. The number of hydrogen-bond acceptors (Lipinski definition) is 2. The Balaban J connectivity index is 2.39. The van der Waals surface area contributed by atoms with Crippen molar-refractivity contribution < 1.29 is 9.53 Å². The van der Waals surface area contributed by atoms with Gasteiger partial charge in [0, 0.05) is 17.6 Å². The fourth-order valence-corrected chi connectivity index (χ4v) is 1.81. The van der Waals surface area contributed by atoms with Crippen LogP contribution >= 0.6 is 15.9 Å². The standard InChI is InChI=1S/C10H16BrNO2/c1-3-9-8(4-5-14-9)10(13)12-6-7(2)11/h8-9H,2-6H2,1H3,(H,12,13). The quantitative estimate of drug-likeness (QED) is 0.839. The van der Waals surface area contributed by atoms with E-state index >= 15 is 0 Å². The van der Waals surface area contributed by atoms with E-state index < -0.39 is 0 Å². The van der Waals surface area contributed by atoms with Crippen LogP contribution in [0.4, 0.5) is 0 Å². The zero-order valence-electron chi connectivity index (χ0n) is 8.38. The minimum Gasteiger partial charge on any atom is -0.377 e. The summed E-state index contributed by atoms with van der Waals surface area (Å²) in [7, 11) is 0. The third-order valence-electron chi connectivity index (χ3n) is 2.40. The molecular formula is C10H16BrNO2. The van der Waals surface area contributed by atoms with Crippen molar-refractivity contribution in [2.45, 2.75) is 25.9 Å². The Morgan fingerprint density at radius 1 is 1.71 bits per heavy atom. The van der Waals surface area contributed by atoms with Crippen molar-refractivity contribution in [2.24, 2.45) is 5.92 Å². The molecule has 0 spiro atoms. The van der Waals surface area contributed by atoms with Crippen molar-refractivity contribution in [1.82, 2.24) is 5.32 Å². The average molecular weight is 262 g/mol. The molecule has 1 aliphatic rings. The van der Waals surface area contributed by atoms with E-state index in [1.165, 1.54) is 0 Å². The van der Waals surface area contributed by atoms with Crippen LogP contribution in [0.1, 0.15) is 19.8 Å². The van der Waals surface area contributed by atoms with Gasteiger partial charge < -0.3 is 10.1 Å². The number of hydrogen-bond donors (Lipinski definition) is 1. The molecule has 0 aromatic rings. The Hall–Kier alpha value is -0.350. The predicted octanol–water partition coefficient (Wildman–Crippen LogP) is 1.83. The van der Waals surface area contributed by atoms with E-state index in [-0.39, 0.29) is 17.9 Å². The van der Waals surface area contributed by atoms with Crippen LogP contribution < -0.4 is 5.32 Å².